The summed E-state index contributed by atoms with van der Waals surface area (Å²) in [7, 11) is 0. The van der Waals surface area contributed by atoms with Gasteiger partial charge in [-0.25, -0.2) is 0 Å². The van der Waals surface area contributed by atoms with Crippen LogP contribution in [0.3, 0.4) is 0 Å². The Morgan fingerprint density at radius 1 is 0.509 bits per heavy atom. The predicted octanol–water partition coefficient (Wildman–Crippen LogP) is 18.0. The molecule has 0 saturated carbocycles. The molecule has 0 fully saturated rings. The molecule has 0 aliphatic carbocycles. The molecule has 55 heavy (non-hydrogen) atoms. The molecule has 4 aromatic rings. The molecule has 0 saturated heterocycles. The highest BCUT2D eigenvalue weighted by molar-refractivity contribution is 5.51. The maximum Gasteiger partial charge on any atom is 0.00613 e. The first kappa shape index (κ1) is 56.0. The van der Waals surface area contributed by atoms with Crippen LogP contribution >= 0.6 is 0 Å². The zero-order valence-corrected chi connectivity index (χ0v) is 40.7. The van der Waals surface area contributed by atoms with Gasteiger partial charge in [0.25, 0.3) is 0 Å². The molecule has 0 heterocycles. The third-order valence-corrected chi connectivity index (χ3v) is 9.70. The van der Waals surface area contributed by atoms with E-state index >= 15 is 0 Å². The molecule has 0 aromatic heterocycles. The molecule has 310 valence electrons. The second kappa shape index (κ2) is 28.1. The van der Waals surface area contributed by atoms with E-state index < -0.39 is 0 Å². The largest absolute Gasteiger partial charge is 0.0985 e. The minimum Gasteiger partial charge on any atom is -0.0985 e. The van der Waals surface area contributed by atoms with Gasteiger partial charge in [-0.1, -0.05) is 240 Å². The average molecular weight is 751 g/mol. The van der Waals surface area contributed by atoms with Gasteiger partial charge in [-0.05, 0) is 101 Å². The number of rotatable bonds is 6. The molecule has 0 amide bonds. The summed E-state index contributed by atoms with van der Waals surface area (Å²) < 4.78 is 0. The number of hydrogen-bond donors (Lipinski definition) is 0. The van der Waals surface area contributed by atoms with Crippen molar-refractivity contribution < 1.29 is 0 Å². The third kappa shape index (κ3) is 20.9. The molecule has 0 nitrogen and oxygen atoms in total. The quantitative estimate of drug-likeness (QED) is 0.184. The Bertz CT molecular complexity index is 1570. The molecule has 0 spiro atoms. The predicted molar refractivity (Wildman–Crippen MR) is 257 cm³/mol. The fraction of sp³-hybridized carbons (Fsp3) is 0.527. The van der Waals surface area contributed by atoms with Crippen LogP contribution in [-0.2, 0) is 17.3 Å². The van der Waals surface area contributed by atoms with Gasteiger partial charge in [0.2, 0.25) is 0 Å². The van der Waals surface area contributed by atoms with E-state index in [4.69, 9.17) is 0 Å². The molecule has 4 aromatic carbocycles. The van der Waals surface area contributed by atoms with Gasteiger partial charge in [0.15, 0.2) is 0 Å². The molecule has 1 atom stereocenters. The van der Waals surface area contributed by atoms with Gasteiger partial charge in [-0.2, -0.15) is 0 Å². The van der Waals surface area contributed by atoms with Crippen LogP contribution in [-0.4, -0.2) is 0 Å². The van der Waals surface area contributed by atoms with E-state index in [0.717, 1.165) is 6.42 Å². The lowest BCUT2D eigenvalue weighted by molar-refractivity contribution is 0.248. The van der Waals surface area contributed by atoms with Crippen molar-refractivity contribution in [1.82, 2.24) is 0 Å². The van der Waals surface area contributed by atoms with Gasteiger partial charge in [0.05, 0.1) is 0 Å². The Morgan fingerprint density at radius 2 is 0.964 bits per heavy atom. The molecule has 0 aliphatic rings. The fourth-order valence-corrected chi connectivity index (χ4v) is 6.00. The molecular formula is C55H90. The summed E-state index contributed by atoms with van der Waals surface area (Å²) in [6, 6.07) is 31.0. The number of hydrogen-bond acceptors (Lipinski definition) is 0. The first-order chi connectivity index (χ1) is 25.6. The summed E-state index contributed by atoms with van der Waals surface area (Å²) >= 11 is 0. The smallest absolute Gasteiger partial charge is 0.00613 e. The summed E-state index contributed by atoms with van der Waals surface area (Å²) in [5.41, 5.74) is 14.6. The summed E-state index contributed by atoms with van der Waals surface area (Å²) in [6.45, 7) is 53.9. The van der Waals surface area contributed by atoms with Crippen LogP contribution in [0.2, 0.25) is 0 Å². The fourth-order valence-electron chi connectivity index (χ4n) is 6.00. The van der Waals surface area contributed by atoms with Crippen molar-refractivity contribution in [2.24, 2.45) is 11.3 Å². The van der Waals surface area contributed by atoms with Crippen LogP contribution in [0.5, 0.6) is 0 Å². The van der Waals surface area contributed by atoms with E-state index in [1.807, 2.05) is 79.7 Å². The van der Waals surface area contributed by atoms with Crippen LogP contribution in [0.1, 0.15) is 193 Å². The van der Waals surface area contributed by atoms with Crippen molar-refractivity contribution >= 4 is 6.08 Å². The number of aryl methyl sites for hydroxylation is 4. The van der Waals surface area contributed by atoms with E-state index in [2.05, 4.69) is 177 Å². The Hall–Kier alpha value is -3.38. The molecule has 1 unspecified atom stereocenters. The minimum absolute atomic E-state index is 0.179. The van der Waals surface area contributed by atoms with Gasteiger partial charge in [-0.3, -0.25) is 0 Å². The maximum absolute atomic E-state index is 3.78. The third-order valence-electron chi connectivity index (χ3n) is 9.70. The average Bonchev–Trinajstić information content (AvgIpc) is 3.14. The Morgan fingerprint density at radius 3 is 1.36 bits per heavy atom. The number of benzene rings is 4. The topological polar surface area (TPSA) is 0 Å². The van der Waals surface area contributed by atoms with Crippen LogP contribution in [0.15, 0.2) is 91.5 Å². The molecule has 0 heteroatoms. The second-order valence-corrected chi connectivity index (χ2v) is 16.8. The molecular weight excluding hydrogens is 661 g/mol. The van der Waals surface area contributed by atoms with Gasteiger partial charge < -0.3 is 0 Å². The van der Waals surface area contributed by atoms with Crippen molar-refractivity contribution in [2.45, 2.75) is 182 Å². The van der Waals surface area contributed by atoms with Crippen LogP contribution in [0, 0.1) is 39.0 Å². The monoisotopic (exact) mass is 751 g/mol. The van der Waals surface area contributed by atoms with E-state index in [-0.39, 0.29) is 10.8 Å². The van der Waals surface area contributed by atoms with Crippen molar-refractivity contribution in [1.29, 1.82) is 0 Å². The summed E-state index contributed by atoms with van der Waals surface area (Å²) in [5, 5.41) is 0. The molecule has 0 bridgehead atoms. The normalized spacial score (nSPS) is 11.1. The van der Waals surface area contributed by atoms with Crippen LogP contribution < -0.4 is 0 Å². The highest BCUT2D eigenvalue weighted by Crippen LogP contribution is 2.35. The lowest BCUT2D eigenvalue weighted by Gasteiger charge is -2.30. The lowest BCUT2D eigenvalue weighted by atomic mass is 9.75. The highest BCUT2D eigenvalue weighted by Gasteiger charge is 2.24. The molecule has 4 rings (SSSR count). The summed E-state index contributed by atoms with van der Waals surface area (Å²) in [4.78, 5) is 0. The van der Waals surface area contributed by atoms with Crippen molar-refractivity contribution in [3.05, 3.63) is 147 Å². The van der Waals surface area contributed by atoms with E-state index in [0.29, 0.717) is 17.3 Å². The first-order valence-corrected chi connectivity index (χ1v) is 21.6. The van der Waals surface area contributed by atoms with Gasteiger partial charge in [0.1, 0.15) is 0 Å². The molecule has 0 N–H and O–H groups in total. The van der Waals surface area contributed by atoms with Gasteiger partial charge >= 0.3 is 0 Å². The van der Waals surface area contributed by atoms with Crippen molar-refractivity contribution in [2.75, 3.05) is 0 Å². The zero-order valence-electron chi connectivity index (χ0n) is 40.7. The van der Waals surface area contributed by atoms with Gasteiger partial charge in [-0.15, -0.1) is 0 Å². The molecule has 0 radical (unpaired) electrons. The Labute approximate surface area is 345 Å². The van der Waals surface area contributed by atoms with E-state index in [9.17, 15) is 0 Å². The van der Waals surface area contributed by atoms with Crippen molar-refractivity contribution in [3.63, 3.8) is 0 Å². The maximum atomic E-state index is 3.78. The molecule has 0 aliphatic heterocycles. The highest BCUT2D eigenvalue weighted by atomic mass is 14.3. The second-order valence-electron chi connectivity index (χ2n) is 16.8. The Kier molecular flexibility index (Phi) is 28.6. The standard InChI is InChI=1S/C27H40.C13H18.C7H8.4C2H6/c1-18(2)27(9,10)17-22-13-19(3)14-24(15-22)21(5)23-12-11-20(4)25(16-23)26(6,7)8;1-6-11-8-7-10(2)12(9-11)13(3,4)5;1-7-5-3-2-4-6-7;4*1-2/h11-16,18,21H,17H2,1-10H3;6-9H,1H2,2-5H3;2-6H,1H3;4*1-2H3. The summed E-state index contributed by atoms with van der Waals surface area (Å²) in [6.07, 6.45) is 3.03. The first-order valence-electron chi connectivity index (χ1n) is 21.6. The zero-order chi connectivity index (χ0) is 43.7. The Balaban J connectivity index is -0.000000796. The van der Waals surface area contributed by atoms with Gasteiger partial charge in [0, 0.05) is 5.92 Å². The van der Waals surface area contributed by atoms with E-state index in [1.54, 1.807) is 0 Å². The van der Waals surface area contributed by atoms with Crippen LogP contribution in [0.25, 0.3) is 6.08 Å². The van der Waals surface area contributed by atoms with Crippen molar-refractivity contribution in [3.8, 4) is 0 Å². The lowest BCUT2D eigenvalue weighted by Crippen LogP contribution is -2.22. The van der Waals surface area contributed by atoms with E-state index in [1.165, 1.54) is 55.6 Å². The summed E-state index contributed by atoms with van der Waals surface area (Å²) in [5.74, 6) is 1.08. The van der Waals surface area contributed by atoms with Crippen LogP contribution in [0.4, 0.5) is 0 Å². The minimum atomic E-state index is 0.179. The SMILES string of the molecule is C=Cc1ccc(C)c(C(C)(C)C)c1.CC.CC.CC.CC.Cc1cc(CC(C)(C)C(C)C)cc(C(C)c2ccc(C)c(C(C)(C)C)c2)c1.Cc1ccccc1.